The summed E-state index contributed by atoms with van der Waals surface area (Å²) in [7, 11) is 2.11. The standard InChI is InChI=1S/C8H17NO/c1-6-7(2)10-8(3,4)9(6)5/h6-7H,1-5H3. The fourth-order valence-corrected chi connectivity index (χ4v) is 1.44. The first kappa shape index (κ1) is 8.02. The number of nitrogens with zero attached hydrogens (tertiary/aromatic N) is 1. The predicted molar refractivity (Wildman–Crippen MR) is 41.9 cm³/mol. The van der Waals surface area contributed by atoms with Crippen LogP contribution in [0.2, 0.25) is 0 Å². The summed E-state index contributed by atoms with van der Waals surface area (Å²) >= 11 is 0. The van der Waals surface area contributed by atoms with E-state index in [4.69, 9.17) is 4.74 Å². The molecule has 0 N–H and O–H groups in total. The second kappa shape index (κ2) is 2.21. The zero-order valence-corrected chi connectivity index (χ0v) is 7.51. The molecule has 0 amide bonds. The van der Waals surface area contributed by atoms with Crippen LogP contribution in [-0.2, 0) is 4.74 Å². The average Bonchev–Trinajstić information content (AvgIpc) is 1.95. The molecule has 1 saturated heterocycles. The number of rotatable bonds is 0. The van der Waals surface area contributed by atoms with E-state index in [9.17, 15) is 0 Å². The molecule has 0 bridgehead atoms. The Morgan fingerprint density at radius 1 is 1.30 bits per heavy atom. The lowest BCUT2D eigenvalue weighted by atomic mass is 10.2. The van der Waals surface area contributed by atoms with Gasteiger partial charge < -0.3 is 4.74 Å². The molecular weight excluding hydrogens is 126 g/mol. The summed E-state index contributed by atoms with van der Waals surface area (Å²) in [6, 6.07) is 0.537. The van der Waals surface area contributed by atoms with Crippen LogP contribution in [0.15, 0.2) is 0 Å². The highest BCUT2D eigenvalue weighted by atomic mass is 16.5. The van der Waals surface area contributed by atoms with Gasteiger partial charge >= 0.3 is 0 Å². The summed E-state index contributed by atoms with van der Waals surface area (Å²) in [6.07, 6.45) is 0.361. The highest BCUT2D eigenvalue weighted by Crippen LogP contribution is 2.29. The average molecular weight is 143 g/mol. The largest absolute Gasteiger partial charge is 0.356 e. The van der Waals surface area contributed by atoms with Gasteiger partial charge in [-0.1, -0.05) is 0 Å². The topological polar surface area (TPSA) is 12.5 Å². The molecule has 1 rings (SSSR count). The zero-order valence-electron chi connectivity index (χ0n) is 7.51. The summed E-state index contributed by atoms with van der Waals surface area (Å²) < 4.78 is 5.70. The Morgan fingerprint density at radius 3 is 1.90 bits per heavy atom. The fourth-order valence-electron chi connectivity index (χ4n) is 1.44. The van der Waals surface area contributed by atoms with Crippen molar-refractivity contribution in [2.24, 2.45) is 0 Å². The molecule has 2 unspecified atom stereocenters. The first-order valence-electron chi connectivity index (χ1n) is 3.86. The number of hydrogen-bond donors (Lipinski definition) is 0. The second-order valence-corrected chi connectivity index (χ2v) is 3.62. The van der Waals surface area contributed by atoms with Crippen LogP contribution in [0.3, 0.4) is 0 Å². The molecule has 2 atom stereocenters. The smallest absolute Gasteiger partial charge is 0.116 e. The van der Waals surface area contributed by atoms with Crippen LogP contribution in [-0.4, -0.2) is 29.8 Å². The van der Waals surface area contributed by atoms with Crippen molar-refractivity contribution in [2.45, 2.75) is 45.6 Å². The molecule has 0 aromatic rings. The maximum atomic E-state index is 5.70. The monoisotopic (exact) mass is 143 g/mol. The third-order valence-electron chi connectivity index (χ3n) is 2.61. The normalized spacial score (nSPS) is 40.5. The lowest BCUT2D eigenvalue weighted by molar-refractivity contribution is -0.0626. The van der Waals surface area contributed by atoms with Gasteiger partial charge in [0.1, 0.15) is 5.72 Å². The van der Waals surface area contributed by atoms with Gasteiger partial charge in [-0.25, -0.2) is 0 Å². The van der Waals surface area contributed by atoms with Crippen LogP contribution >= 0.6 is 0 Å². The maximum Gasteiger partial charge on any atom is 0.116 e. The van der Waals surface area contributed by atoms with Crippen molar-refractivity contribution in [3.63, 3.8) is 0 Å². The molecule has 0 radical (unpaired) electrons. The van der Waals surface area contributed by atoms with E-state index in [0.29, 0.717) is 12.1 Å². The molecule has 0 aliphatic carbocycles. The van der Waals surface area contributed by atoms with Gasteiger partial charge in [0, 0.05) is 6.04 Å². The minimum Gasteiger partial charge on any atom is -0.356 e. The molecule has 0 aromatic carbocycles. The van der Waals surface area contributed by atoms with Crippen molar-refractivity contribution < 1.29 is 4.74 Å². The SMILES string of the molecule is CC1OC(C)(C)N(C)C1C. The Kier molecular flexibility index (Phi) is 1.77. The molecule has 2 nitrogen and oxygen atoms in total. The summed E-state index contributed by atoms with van der Waals surface area (Å²) in [6.45, 7) is 8.52. The molecule has 2 heteroatoms. The minimum absolute atomic E-state index is 0.0706. The van der Waals surface area contributed by atoms with Gasteiger partial charge in [0.15, 0.2) is 0 Å². The Bertz CT molecular complexity index is 133. The molecule has 1 aliphatic heterocycles. The van der Waals surface area contributed by atoms with Gasteiger partial charge in [-0.2, -0.15) is 0 Å². The molecule has 60 valence electrons. The lowest BCUT2D eigenvalue weighted by Crippen LogP contribution is -2.39. The van der Waals surface area contributed by atoms with E-state index in [2.05, 4.69) is 39.6 Å². The number of hydrogen-bond acceptors (Lipinski definition) is 2. The molecule has 0 saturated carbocycles. The van der Waals surface area contributed by atoms with Crippen molar-refractivity contribution in [1.82, 2.24) is 4.90 Å². The van der Waals surface area contributed by atoms with Crippen molar-refractivity contribution in [3.8, 4) is 0 Å². The predicted octanol–water partition coefficient (Wildman–Crippen LogP) is 1.46. The quantitative estimate of drug-likeness (QED) is 0.509. The lowest BCUT2D eigenvalue weighted by Gasteiger charge is -2.27. The van der Waals surface area contributed by atoms with Crippen LogP contribution in [0.1, 0.15) is 27.7 Å². The summed E-state index contributed by atoms with van der Waals surface area (Å²) in [5, 5.41) is 0. The van der Waals surface area contributed by atoms with E-state index >= 15 is 0 Å². The van der Waals surface area contributed by atoms with Crippen LogP contribution in [0.5, 0.6) is 0 Å². The molecule has 1 aliphatic rings. The second-order valence-electron chi connectivity index (χ2n) is 3.62. The highest BCUT2D eigenvalue weighted by Gasteiger charge is 2.39. The number of ether oxygens (including phenoxy) is 1. The molecule has 0 spiro atoms. The molecule has 10 heavy (non-hydrogen) atoms. The van der Waals surface area contributed by atoms with Crippen LogP contribution in [0.4, 0.5) is 0 Å². The van der Waals surface area contributed by atoms with Crippen molar-refractivity contribution >= 4 is 0 Å². The third kappa shape index (κ3) is 1.06. The highest BCUT2D eigenvalue weighted by molar-refractivity contribution is 4.86. The van der Waals surface area contributed by atoms with Gasteiger partial charge in [-0.15, -0.1) is 0 Å². The molecule has 1 fully saturated rings. The fraction of sp³-hybridized carbons (Fsp3) is 1.00. The van der Waals surface area contributed by atoms with E-state index in [1.165, 1.54) is 0 Å². The van der Waals surface area contributed by atoms with Gasteiger partial charge in [0.25, 0.3) is 0 Å². The third-order valence-corrected chi connectivity index (χ3v) is 2.61. The van der Waals surface area contributed by atoms with Crippen LogP contribution in [0, 0.1) is 0 Å². The Hall–Kier alpha value is -0.0800. The van der Waals surface area contributed by atoms with Gasteiger partial charge in [-0.3, -0.25) is 4.90 Å². The van der Waals surface area contributed by atoms with Gasteiger partial charge in [0.2, 0.25) is 0 Å². The number of likely N-dealkylation sites (N-methyl/N-ethyl adjacent to an activating group) is 1. The van der Waals surface area contributed by atoms with Crippen LogP contribution in [0.25, 0.3) is 0 Å². The van der Waals surface area contributed by atoms with E-state index in [1.807, 2.05) is 0 Å². The first-order chi connectivity index (χ1) is 4.45. The zero-order chi connectivity index (χ0) is 7.94. The van der Waals surface area contributed by atoms with Crippen molar-refractivity contribution in [2.75, 3.05) is 7.05 Å². The van der Waals surface area contributed by atoms with E-state index in [0.717, 1.165) is 0 Å². The van der Waals surface area contributed by atoms with E-state index in [-0.39, 0.29) is 5.72 Å². The van der Waals surface area contributed by atoms with Gasteiger partial charge in [0.05, 0.1) is 6.10 Å². The minimum atomic E-state index is -0.0706. The van der Waals surface area contributed by atoms with Crippen molar-refractivity contribution in [1.29, 1.82) is 0 Å². The van der Waals surface area contributed by atoms with E-state index in [1.54, 1.807) is 0 Å². The Labute approximate surface area is 63.2 Å². The Morgan fingerprint density at radius 2 is 1.80 bits per heavy atom. The first-order valence-corrected chi connectivity index (χ1v) is 3.86. The van der Waals surface area contributed by atoms with Gasteiger partial charge in [-0.05, 0) is 34.7 Å². The maximum absolute atomic E-state index is 5.70. The molecular formula is C8H17NO. The van der Waals surface area contributed by atoms with Crippen LogP contribution < -0.4 is 0 Å². The summed E-state index contributed by atoms with van der Waals surface area (Å²) in [4.78, 5) is 2.26. The molecule has 0 aromatic heterocycles. The van der Waals surface area contributed by atoms with Crippen molar-refractivity contribution in [3.05, 3.63) is 0 Å². The Balaban J connectivity index is 2.71. The summed E-state index contributed by atoms with van der Waals surface area (Å²) in [5.74, 6) is 0. The summed E-state index contributed by atoms with van der Waals surface area (Å²) in [5.41, 5.74) is -0.0706. The van der Waals surface area contributed by atoms with E-state index < -0.39 is 0 Å². The molecule has 1 heterocycles.